The van der Waals surface area contributed by atoms with Crippen molar-refractivity contribution in [1.29, 1.82) is 0 Å². The predicted octanol–water partition coefficient (Wildman–Crippen LogP) is 6.09. The molecule has 1 amide bonds. The molecule has 31 heavy (non-hydrogen) atoms. The normalized spacial score (nSPS) is 18.5. The van der Waals surface area contributed by atoms with Crippen LogP contribution < -0.4 is 0 Å². The minimum Gasteiger partial charge on any atom is -0.331 e. The van der Waals surface area contributed by atoms with Crippen LogP contribution in [0.3, 0.4) is 0 Å². The average Bonchev–Trinajstić information content (AvgIpc) is 3.17. The highest BCUT2D eigenvalue weighted by Gasteiger charge is 2.39. The van der Waals surface area contributed by atoms with E-state index in [1.165, 1.54) is 22.3 Å². The highest BCUT2D eigenvalue weighted by Crippen LogP contribution is 2.47. The Labute approximate surface area is 183 Å². The lowest BCUT2D eigenvalue weighted by Crippen LogP contribution is -2.42. The second kappa shape index (κ2) is 9.04. The van der Waals surface area contributed by atoms with Gasteiger partial charge in [-0.1, -0.05) is 51.0 Å². The Balaban J connectivity index is 1.74. The number of hydrogen-bond donors (Lipinski definition) is 0. The van der Waals surface area contributed by atoms with Crippen molar-refractivity contribution in [2.75, 3.05) is 6.54 Å². The number of nitro groups is 1. The van der Waals surface area contributed by atoms with E-state index in [1.807, 2.05) is 12.1 Å². The molecule has 1 heterocycles. The van der Waals surface area contributed by atoms with Crippen molar-refractivity contribution < 1.29 is 9.72 Å². The van der Waals surface area contributed by atoms with Gasteiger partial charge in [0.05, 0.1) is 11.0 Å². The first kappa shape index (κ1) is 21.3. The van der Waals surface area contributed by atoms with E-state index in [0.717, 1.165) is 44.1 Å². The molecule has 0 spiro atoms. The van der Waals surface area contributed by atoms with Gasteiger partial charge in [0.2, 0.25) is 5.91 Å². The Morgan fingerprint density at radius 1 is 1.16 bits per heavy atom. The third-order valence-corrected chi connectivity index (χ3v) is 6.81. The lowest BCUT2D eigenvalue weighted by atomic mass is 9.86. The topological polar surface area (TPSA) is 63.5 Å². The zero-order valence-electron chi connectivity index (χ0n) is 18.3. The number of amides is 1. The summed E-state index contributed by atoms with van der Waals surface area (Å²) in [7, 11) is 0. The van der Waals surface area contributed by atoms with E-state index < -0.39 is 0 Å². The number of benzene rings is 2. The fraction of sp³-hybridized carbons (Fsp3) is 0.423. The summed E-state index contributed by atoms with van der Waals surface area (Å²) in [6.45, 7) is 4.94. The summed E-state index contributed by atoms with van der Waals surface area (Å²) in [5, 5.41) is 11.2. The van der Waals surface area contributed by atoms with E-state index in [4.69, 9.17) is 0 Å². The fourth-order valence-electron chi connectivity index (χ4n) is 5.14. The van der Waals surface area contributed by atoms with Crippen molar-refractivity contribution in [3.05, 3.63) is 80.9 Å². The van der Waals surface area contributed by atoms with E-state index in [0.29, 0.717) is 6.54 Å². The van der Waals surface area contributed by atoms with Crippen LogP contribution in [0.4, 0.5) is 5.69 Å². The Morgan fingerprint density at radius 2 is 1.90 bits per heavy atom. The van der Waals surface area contributed by atoms with Crippen molar-refractivity contribution in [2.24, 2.45) is 5.92 Å². The zero-order chi connectivity index (χ0) is 22.0. The van der Waals surface area contributed by atoms with Crippen LogP contribution in [-0.4, -0.2) is 22.3 Å². The van der Waals surface area contributed by atoms with Gasteiger partial charge in [-0.25, -0.2) is 0 Å². The van der Waals surface area contributed by atoms with Gasteiger partial charge in [-0.2, -0.15) is 0 Å². The van der Waals surface area contributed by atoms with Crippen LogP contribution in [0.1, 0.15) is 68.7 Å². The van der Waals surface area contributed by atoms with Crippen LogP contribution in [0.5, 0.6) is 0 Å². The Bertz CT molecular complexity index is 1010. The first-order chi connectivity index (χ1) is 15.0. The predicted molar refractivity (Wildman–Crippen MR) is 123 cm³/mol. The third-order valence-electron chi connectivity index (χ3n) is 6.81. The maximum absolute atomic E-state index is 13.7. The van der Waals surface area contributed by atoms with Gasteiger partial charge in [-0.15, -0.1) is 0 Å². The molecule has 1 aliphatic heterocycles. The van der Waals surface area contributed by atoms with Gasteiger partial charge >= 0.3 is 0 Å². The van der Waals surface area contributed by atoms with Crippen molar-refractivity contribution in [1.82, 2.24) is 4.90 Å². The number of nitro benzene ring substituents is 1. The van der Waals surface area contributed by atoms with Crippen molar-refractivity contribution in [3.8, 4) is 0 Å². The van der Waals surface area contributed by atoms with E-state index in [9.17, 15) is 14.9 Å². The smallest absolute Gasteiger partial charge is 0.269 e. The average molecular weight is 419 g/mol. The minimum atomic E-state index is -0.373. The van der Waals surface area contributed by atoms with Gasteiger partial charge in [0.1, 0.15) is 0 Å². The molecule has 0 bridgehead atoms. The van der Waals surface area contributed by atoms with Gasteiger partial charge in [0.25, 0.3) is 5.69 Å². The van der Waals surface area contributed by atoms with Gasteiger partial charge in [-0.05, 0) is 65.7 Å². The lowest BCUT2D eigenvalue weighted by molar-refractivity contribution is -0.384. The van der Waals surface area contributed by atoms with Crippen molar-refractivity contribution >= 4 is 17.2 Å². The molecule has 0 saturated carbocycles. The van der Waals surface area contributed by atoms with Gasteiger partial charge < -0.3 is 4.90 Å². The van der Waals surface area contributed by atoms with Gasteiger partial charge in [0.15, 0.2) is 0 Å². The summed E-state index contributed by atoms with van der Waals surface area (Å²) in [4.78, 5) is 26.5. The molecular formula is C26H30N2O3. The molecule has 2 atom stereocenters. The van der Waals surface area contributed by atoms with Crippen LogP contribution in [0.2, 0.25) is 0 Å². The second-order valence-electron chi connectivity index (χ2n) is 8.62. The lowest BCUT2D eigenvalue weighted by Gasteiger charge is -2.39. The molecule has 4 rings (SSSR count). The highest BCUT2D eigenvalue weighted by molar-refractivity contribution is 5.84. The number of non-ortho nitro benzene ring substituents is 1. The second-order valence-corrected chi connectivity index (χ2v) is 8.62. The number of hydrogen-bond acceptors (Lipinski definition) is 3. The molecule has 162 valence electrons. The maximum atomic E-state index is 13.7. The summed E-state index contributed by atoms with van der Waals surface area (Å²) in [5.74, 6) is 0.258. The maximum Gasteiger partial charge on any atom is 0.269 e. The summed E-state index contributed by atoms with van der Waals surface area (Å²) < 4.78 is 0. The molecule has 5 nitrogen and oxygen atoms in total. The molecule has 2 aliphatic rings. The number of carbonyl (C=O) groups is 1. The van der Waals surface area contributed by atoms with Gasteiger partial charge in [-0.3, -0.25) is 14.9 Å². The monoisotopic (exact) mass is 418 g/mol. The van der Waals surface area contributed by atoms with Crippen LogP contribution in [0, 0.1) is 16.0 Å². The number of rotatable bonds is 7. The van der Waals surface area contributed by atoms with E-state index >= 15 is 0 Å². The summed E-state index contributed by atoms with van der Waals surface area (Å²) in [6.07, 6.45) is 5.60. The van der Waals surface area contributed by atoms with Crippen LogP contribution in [-0.2, 0) is 11.2 Å². The Morgan fingerprint density at radius 3 is 2.58 bits per heavy atom. The first-order valence-corrected chi connectivity index (χ1v) is 11.4. The Kier molecular flexibility index (Phi) is 6.21. The molecular weight excluding hydrogens is 388 g/mol. The molecule has 0 fully saturated rings. The largest absolute Gasteiger partial charge is 0.331 e. The van der Waals surface area contributed by atoms with E-state index in [1.54, 1.807) is 12.1 Å². The van der Waals surface area contributed by atoms with Crippen LogP contribution in [0.25, 0.3) is 5.57 Å². The van der Waals surface area contributed by atoms with Crippen LogP contribution in [0.15, 0.2) is 54.1 Å². The minimum absolute atomic E-state index is 0.0337. The zero-order valence-corrected chi connectivity index (χ0v) is 18.3. The highest BCUT2D eigenvalue weighted by atomic mass is 16.6. The summed E-state index contributed by atoms with van der Waals surface area (Å²) in [5.41, 5.74) is 6.28. The molecule has 1 aliphatic carbocycles. The summed E-state index contributed by atoms with van der Waals surface area (Å²) >= 11 is 0. The molecule has 0 radical (unpaired) electrons. The third kappa shape index (κ3) is 4.01. The number of fused-ring (bicyclic) bond motifs is 2. The Hall–Kier alpha value is -2.95. The van der Waals surface area contributed by atoms with E-state index in [2.05, 4.69) is 43.0 Å². The molecule has 2 aromatic rings. The number of nitrogens with zero attached hydrogens (tertiary/aromatic N) is 2. The molecule has 0 aromatic heterocycles. The quantitative estimate of drug-likeness (QED) is 0.403. The number of carbonyl (C=O) groups excluding carboxylic acids is 1. The molecule has 0 N–H and O–H groups in total. The first-order valence-electron chi connectivity index (χ1n) is 11.4. The van der Waals surface area contributed by atoms with E-state index in [-0.39, 0.29) is 28.5 Å². The SMILES string of the molecule is CCCCC(CC)C(=O)N1CCC2=C(Cc3ccccc32)C1c1ccc([N+](=O)[O-])cc1. The van der Waals surface area contributed by atoms with Crippen molar-refractivity contribution in [3.63, 3.8) is 0 Å². The number of unbranched alkanes of at least 4 members (excludes halogenated alkanes) is 1. The summed E-state index contributed by atoms with van der Waals surface area (Å²) in [6, 6.07) is 15.1. The fourth-order valence-corrected chi connectivity index (χ4v) is 5.14. The molecule has 2 unspecified atom stereocenters. The molecule has 5 heteroatoms. The standard InChI is InChI=1S/C26H30N2O3/c1-3-5-8-18(4-2)26(29)27-16-15-23-22-10-7-6-9-20(22)17-24(23)25(27)19-11-13-21(14-12-19)28(30)31/h6-7,9-14,18,25H,3-5,8,15-17H2,1-2H3. The molecule has 0 saturated heterocycles. The van der Waals surface area contributed by atoms with Crippen molar-refractivity contribution in [2.45, 2.75) is 58.4 Å². The van der Waals surface area contributed by atoms with Gasteiger partial charge in [0, 0.05) is 24.6 Å². The molecule has 2 aromatic carbocycles. The van der Waals surface area contributed by atoms with Crippen LogP contribution >= 0.6 is 0 Å².